The lowest BCUT2D eigenvalue weighted by Crippen LogP contribution is -2.28. The number of carbonyl (C=O) groups is 1. The van der Waals surface area contributed by atoms with Gasteiger partial charge in [0.2, 0.25) is 0 Å². The zero-order valence-corrected chi connectivity index (χ0v) is 13.4. The summed E-state index contributed by atoms with van der Waals surface area (Å²) in [4.78, 5) is 11.8. The molecule has 1 N–H and O–H groups in total. The standard InChI is InChI=1S/C16H25NO4/c1-6-13(16(18)20-7-2)21-14-9-8-12(11(3)17-4)10-15(14)19-5/h8-11,13,17H,6-7H2,1-5H3. The van der Waals surface area contributed by atoms with Gasteiger partial charge in [0.1, 0.15) is 0 Å². The Morgan fingerprint density at radius 1 is 1.29 bits per heavy atom. The van der Waals surface area contributed by atoms with Gasteiger partial charge in [-0.15, -0.1) is 0 Å². The molecule has 0 radical (unpaired) electrons. The Kier molecular flexibility index (Phi) is 7.02. The number of hydrogen-bond acceptors (Lipinski definition) is 5. The Labute approximate surface area is 126 Å². The lowest BCUT2D eigenvalue weighted by molar-refractivity contribution is -0.151. The van der Waals surface area contributed by atoms with Crippen LogP contribution in [0.5, 0.6) is 11.5 Å². The van der Waals surface area contributed by atoms with Crippen LogP contribution in [0.3, 0.4) is 0 Å². The third-order valence-corrected chi connectivity index (χ3v) is 3.31. The molecule has 2 unspecified atom stereocenters. The summed E-state index contributed by atoms with van der Waals surface area (Å²) < 4.78 is 16.1. The number of rotatable bonds is 8. The highest BCUT2D eigenvalue weighted by molar-refractivity contribution is 5.75. The number of nitrogens with one attached hydrogen (secondary N) is 1. The Balaban J connectivity index is 2.94. The van der Waals surface area contributed by atoms with E-state index >= 15 is 0 Å². The van der Waals surface area contributed by atoms with Gasteiger partial charge in [-0.05, 0) is 45.0 Å². The topological polar surface area (TPSA) is 56.8 Å². The second-order valence-corrected chi connectivity index (χ2v) is 4.69. The van der Waals surface area contributed by atoms with Crippen molar-refractivity contribution in [3.05, 3.63) is 23.8 Å². The van der Waals surface area contributed by atoms with E-state index in [1.807, 2.05) is 32.2 Å². The highest BCUT2D eigenvalue weighted by atomic mass is 16.6. The van der Waals surface area contributed by atoms with E-state index in [-0.39, 0.29) is 12.0 Å². The molecule has 1 rings (SSSR count). The zero-order chi connectivity index (χ0) is 15.8. The van der Waals surface area contributed by atoms with Crippen LogP contribution in [-0.2, 0) is 9.53 Å². The first-order valence-corrected chi connectivity index (χ1v) is 7.25. The minimum Gasteiger partial charge on any atom is -0.493 e. The number of esters is 1. The van der Waals surface area contributed by atoms with Crippen LogP contribution in [0.4, 0.5) is 0 Å². The molecule has 0 fully saturated rings. The van der Waals surface area contributed by atoms with Crippen molar-refractivity contribution in [1.82, 2.24) is 5.32 Å². The molecule has 118 valence electrons. The molecule has 0 aliphatic heterocycles. The molecule has 0 aliphatic carbocycles. The number of ether oxygens (including phenoxy) is 3. The molecule has 5 heteroatoms. The minimum absolute atomic E-state index is 0.208. The predicted octanol–water partition coefficient (Wildman–Crippen LogP) is 2.70. The molecule has 1 aromatic carbocycles. The Bertz CT molecular complexity index is 462. The number of methoxy groups -OCH3 is 1. The van der Waals surface area contributed by atoms with Crippen molar-refractivity contribution in [3.63, 3.8) is 0 Å². The third kappa shape index (κ3) is 4.63. The van der Waals surface area contributed by atoms with Gasteiger partial charge in [-0.25, -0.2) is 4.79 Å². The maximum absolute atomic E-state index is 11.8. The summed E-state index contributed by atoms with van der Waals surface area (Å²) in [6.07, 6.45) is -0.0807. The van der Waals surface area contributed by atoms with Crippen molar-refractivity contribution in [2.45, 2.75) is 39.3 Å². The first-order chi connectivity index (χ1) is 10.1. The molecule has 0 saturated heterocycles. The lowest BCUT2D eigenvalue weighted by atomic mass is 10.1. The summed E-state index contributed by atoms with van der Waals surface area (Å²) in [5.41, 5.74) is 1.09. The first-order valence-electron chi connectivity index (χ1n) is 7.25. The molecular formula is C16H25NO4. The minimum atomic E-state index is -0.619. The molecule has 2 atom stereocenters. The van der Waals surface area contributed by atoms with Crippen molar-refractivity contribution in [2.75, 3.05) is 20.8 Å². The Morgan fingerprint density at radius 2 is 2.00 bits per heavy atom. The predicted molar refractivity (Wildman–Crippen MR) is 81.8 cm³/mol. The van der Waals surface area contributed by atoms with Crippen LogP contribution >= 0.6 is 0 Å². The van der Waals surface area contributed by atoms with Crippen LogP contribution in [0.2, 0.25) is 0 Å². The maximum Gasteiger partial charge on any atom is 0.347 e. The normalized spacial score (nSPS) is 13.4. The van der Waals surface area contributed by atoms with E-state index in [1.165, 1.54) is 0 Å². The maximum atomic E-state index is 11.8. The van der Waals surface area contributed by atoms with Crippen LogP contribution in [0.15, 0.2) is 18.2 Å². The van der Waals surface area contributed by atoms with Crippen molar-refractivity contribution >= 4 is 5.97 Å². The molecule has 21 heavy (non-hydrogen) atoms. The van der Waals surface area contributed by atoms with E-state index in [4.69, 9.17) is 14.2 Å². The summed E-state index contributed by atoms with van der Waals surface area (Å²) in [6.45, 7) is 6.06. The molecule has 0 spiro atoms. The van der Waals surface area contributed by atoms with Crippen LogP contribution in [0, 0.1) is 0 Å². The van der Waals surface area contributed by atoms with Crippen LogP contribution < -0.4 is 14.8 Å². The van der Waals surface area contributed by atoms with Gasteiger partial charge in [-0.1, -0.05) is 13.0 Å². The fraction of sp³-hybridized carbons (Fsp3) is 0.562. The van der Waals surface area contributed by atoms with E-state index in [2.05, 4.69) is 12.2 Å². The second kappa shape index (κ2) is 8.52. The van der Waals surface area contributed by atoms with Gasteiger partial charge >= 0.3 is 5.97 Å². The monoisotopic (exact) mass is 295 g/mol. The Morgan fingerprint density at radius 3 is 2.52 bits per heavy atom. The van der Waals surface area contributed by atoms with Gasteiger partial charge in [0.05, 0.1) is 13.7 Å². The first kappa shape index (κ1) is 17.3. The summed E-state index contributed by atoms with van der Waals surface area (Å²) in [6, 6.07) is 5.90. The largest absolute Gasteiger partial charge is 0.493 e. The van der Waals surface area contributed by atoms with Gasteiger partial charge in [0.25, 0.3) is 0 Å². The van der Waals surface area contributed by atoms with Crippen LogP contribution in [0.25, 0.3) is 0 Å². The van der Waals surface area contributed by atoms with E-state index in [9.17, 15) is 4.79 Å². The molecule has 0 aliphatic rings. The molecule has 0 amide bonds. The van der Waals surface area contributed by atoms with E-state index in [0.29, 0.717) is 24.5 Å². The molecule has 0 heterocycles. The molecule has 0 aromatic heterocycles. The highest BCUT2D eigenvalue weighted by Gasteiger charge is 2.21. The molecule has 1 aromatic rings. The van der Waals surface area contributed by atoms with E-state index < -0.39 is 6.10 Å². The zero-order valence-electron chi connectivity index (χ0n) is 13.4. The molecule has 0 saturated carbocycles. The smallest absolute Gasteiger partial charge is 0.347 e. The average Bonchev–Trinajstić information content (AvgIpc) is 2.51. The van der Waals surface area contributed by atoms with Crippen LogP contribution in [0.1, 0.15) is 38.8 Å². The fourth-order valence-electron chi connectivity index (χ4n) is 1.90. The fourth-order valence-corrected chi connectivity index (χ4v) is 1.90. The van der Waals surface area contributed by atoms with E-state index in [0.717, 1.165) is 5.56 Å². The number of benzene rings is 1. The number of hydrogen-bond donors (Lipinski definition) is 1. The molecular weight excluding hydrogens is 270 g/mol. The van der Waals surface area contributed by atoms with Gasteiger partial charge in [0, 0.05) is 6.04 Å². The average molecular weight is 295 g/mol. The van der Waals surface area contributed by atoms with Crippen molar-refractivity contribution in [3.8, 4) is 11.5 Å². The van der Waals surface area contributed by atoms with Gasteiger partial charge < -0.3 is 19.5 Å². The van der Waals surface area contributed by atoms with Gasteiger partial charge in [-0.3, -0.25) is 0 Å². The third-order valence-electron chi connectivity index (χ3n) is 3.31. The van der Waals surface area contributed by atoms with Crippen molar-refractivity contribution in [1.29, 1.82) is 0 Å². The quantitative estimate of drug-likeness (QED) is 0.747. The summed E-state index contributed by atoms with van der Waals surface area (Å²) in [5.74, 6) is 0.802. The summed E-state index contributed by atoms with van der Waals surface area (Å²) in [7, 11) is 3.48. The van der Waals surface area contributed by atoms with Crippen molar-refractivity contribution in [2.24, 2.45) is 0 Å². The summed E-state index contributed by atoms with van der Waals surface area (Å²) >= 11 is 0. The molecule has 0 bridgehead atoms. The lowest BCUT2D eigenvalue weighted by Gasteiger charge is -2.19. The van der Waals surface area contributed by atoms with Crippen LogP contribution in [-0.4, -0.2) is 32.8 Å². The van der Waals surface area contributed by atoms with Gasteiger partial charge in [0.15, 0.2) is 17.6 Å². The van der Waals surface area contributed by atoms with Crippen molar-refractivity contribution < 1.29 is 19.0 Å². The van der Waals surface area contributed by atoms with Gasteiger partial charge in [-0.2, -0.15) is 0 Å². The molecule has 5 nitrogen and oxygen atoms in total. The SMILES string of the molecule is CCOC(=O)C(CC)Oc1ccc(C(C)NC)cc1OC. The van der Waals surface area contributed by atoms with E-state index in [1.54, 1.807) is 14.0 Å². The number of carbonyl (C=O) groups excluding carboxylic acids is 1. The highest BCUT2D eigenvalue weighted by Crippen LogP contribution is 2.31. The second-order valence-electron chi connectivity index (χ2n) is 4.69. The summed E-state index contributed by atoms with van der Waals surface area (Å²) in [5, 5.41) is 3.17. The Hall–Kier alpha value is -1.75.